The van der Waals surface area contributed by atoms with Crippen LogP contribution in [-0.4, -0.2) is 79.1 Å². The van der Waals surface area contributed by atoms with E-state index < -0.39 is 0 Å². The van der Waals surface area contributed by atoms with Crippen LogP contribution in [-0.2, 0) is 11.2 Å². The van der Waals surface area contributed by atoms with Gasteiger partial charge >= 0.3 is 0 Å². The second kappa shape index (κ2) is 8.15. The van der Waals surface area contributed by atoms with Crippen LogP contribution in [0.25, 0.3) is 0 Å². The van der Waals surface area contributed by atoms with Gasteiger partial charge in [-0.15, -0.1) is 0 Å². The first-order chi connectivity index (χ1) is 10.6. The van der Waals surface area contributed by atoms with Gasteiger partial charge in [0.1, 0.15) is 5.75 Å². The SMILES string of the molecule is CN1CCN(CCCN(C)C(=O)Cc2ccccc2O)CC1. The normalized spacial score (nSPS) is 16.6. The van der Waals surface area contributed by atoms with Crippen molar-refractivity contribution in [3.05, 3.63) is 29.8 Å². The third-order valence-corrected chi connectivity index (χ3v) is 4.32. The van der Waals surface area contributed by atoms with Crippen LogP contribution in [0.5, 0.6) is 5.75 Å². The van der Waals surface area contributed by atoms with Crippen LogP contribution in [0.3, 0.4) is 0 Å². The molecule has 1 aromatic rings. The number of carbonyl (C=O) groups excluding carboxylic acids is 1. The number of amides is 1. The van der Waals surface area contributed by atoms with Crippen LogP contribution in [0.15, 0.2) is 24.3 Å². The van der Waals surface area contributed by atoms with Crippen molar-refractivity contribution in [2.24, 2.45) is 0 Å². The van der Waals surface area contributed by atoms with Crippen molar-refractivity contribution >= 4 is 5.91 Å². The summed E-state index contributed by atoms with van der Waals surface area (Å²) in [6.07, 6.45) is 1.25. The standard InChI is InChI=1S/C17H27N3O2/c1-18-10-12-20(13-11-18)9-5-8-19(2)17(22)14-15-6-3-4-7-16(15)21/h3-4,6-7,21H,5,8-14H2,1-2H3. The number of likely N-dealkylation sites (N-methyl/N-ethyl adjacent to an activating group) is 2. The largest absolute Gasteiger partial charge is 0.508 e. The molecule has 5 heteroatoms. The van der Waals surface area contributed by atoms with Gasteiger partial charge in [0.15, 0.2) is 0 Å². The molecule has 1 N–H and O–H groups in total. The van der Waals surface area contributed by atoms with E-state index in [1.54, 1.807) is 23.1 Å². The van der Waals surface area contributed by atoms with Crippen LogP contribution in [0, 0.1) is 0 Å². The Morgan fingerprint density at radius 2 is 1.91 bits per heavy atom. The van der Waals surface area contributed by atoms with E-state index in [0.29, 0.717) is 5.56 Å². The fraction of sp³-hybridized carbons (Fsp3) is 0.588. The van der Waals surface area contributed by atoms with Crippen LogP contribution in [0.2, 0.25) is 0 Å². The number of para-hydroxylation sites is 1. The van der Waals surface area contributed by atoms with E-state index in [-0.39, 0.29) is 18.1 Å². The highest BCUT2D eigenvalue weighted by atomic mass is 16.3. The number of hydrogen-bond donors (Lipinski definition) is 1. The molecule has 0 bridgehead atoms. The Kier molecular flexibility index (Phi) is 6.21. The molecule has 122 valence electrons. The summed E-state index contributed by atoms with van der Waals surface area (Å²) in [5, 5.41) is 9.73. The number of piperazine rings is 1. The van der Waals surface area contributed by atoms with Gasteiger partial charge in [0.05, 0.1) is 6.42 Å². The zero-order chi connectivity index (χ0) is 15.9. The molecule has 0 spiro atoms. The second-order valence-corrected chi connectivity index (χ2v) is 6.12. The predicted molar refractivity (Wildman–Crippen MR) is 88.0 cm³/mol. The molecule has 0 aromatic heterocycles. The molecule has 1 aliphatic rings. The van der Waals surface area contributed by atoms with E-state index >= 15 is 0 Å². The molecule has 0 unspecified atom stereocenters. The lowest BCUT2D eigenvalue weighted by Crippen LogP contribution is -2.45. The number of aromatic hydroxyl groups is 1. The molecule has 22 heavy (non-hydrogen) atoms. The van der Waals surface area contributed by atoms with Gasteiger partial charge in [0.25, 0.3) is 0 Å². The Hall–Kier alpha value is -1.59. The minimum Gasteiger partial charge on any atom is -0.508 e. The maximum Gasteiger partial charge on any atom is 0.226 e. The Labute approximate surface area is 133 Å². The minimum atomic E-state index is 0.0554. The summed E-state index contributed by atoms with van der Waals surface area (Å²) in [6.45, 7) is 6.29. The van der Waals surface area contributed by atoms with Crippen LogP contribution < -0.4 is 0 Å². The van der Waals surface area contributed by atoms with Gasteiger partial charge in [-0.3, -0.25) is 4.79 Å². The van der Waals surface area contributed by atoms with Gasteiger partial charge in [-0.25, -0.2) is 0 Å². The molecule has 1 fully saturated rings. The quantitative estimate of drug-likeness (QED) is 0.853. The average molecular weight is 305 g/mol. The molecular formula is C17H27N3O2. The van der Waals surface area contributed by atoms with Gasteiger partial charge in [0, 0.05) is 45.3 Å². The lowest BCUT2D eigenvalue weighted by atomic mass is 10.1. The zero-order valence-electron chi connectivity index (χ0n) is 13.7. The fourth-order valence-corrected chi connectivity index (χ4v) is 2.69. The van der Waals surface area contributed by atoms with Crippen molar-refractivity contribution in [1.82, 2.24) is 14.7 Å². The maximum atomic E-state index is 12.2. The van der Waals surface area contributed by atoms with Gasteiger partial charge in [0.2, 0.25) is 5.91 Å². The minimum absolute atomic E-state index is 0.0554. The third-order valence-electron chi connectivity index (χ3n) is 4.32. The van der Waals surface area contributed by atoms with Crippen LogP contribution >= 0.6 is 0 Å². The Bertz CT molecular complexity index is 485. The van der Waals surface area contributed by atoms with E-state index in [1.807, 2.05) is 13.1 Å². The zero-order valence-corrected chi connectivity index (χ0v) is 13.7. The lowest BCUT2D eigenvalue weighted by molar-refractivity contribution is -0.129. The number of hydrogen-bond acceptors (Lipinski definition) is 4. The fourth-order valence-electron chi connectivity index (χ4n) is 2.69. The monoisotopic (exact) mass is 305 g/mol. The molecule has 0 radical (unpaired) electrons. The van der Waals surface area contributed by atoms with Crippen LogP contribution in [0.4, 0.5) is 0 Å². The molecule has 0 aliphatic carbocycles. The van der Waals surface area contributed by atoms with Crippen molar-refractivity contribution in [3.8, 4) is 5.75 Å². The molecule has 1 aliphatic heterocycles. The Balaban J connectivity index is 1.69. The van der Waals surface area contributed by atoms with Crippen molar-refractivity contribution in [1.29, 1.82) is 0 Å². The van der Waals surface area contributed by atoms with Gasteiger partial charge in [-0.2, -0.15) is 0 Å². The number of phenols is 1. The van der Waals surface area contributed by atoms with E-state index in [9.17, 15) is 9.90 Å². The molecule has 1 amide bonds. The summed E-state index contributed by atoms with van der Waals surface area (Å²) in [7, 11) is 4.00. The van der Waals surface area contributed by atoms with Crippen LogP contribution in [0.1, 0.15) is 12.0 Å². The first-order valence-electron chi connectivity index (χ1n) is 7.98. The molecule has 1 heterocycles. The third kappa shape index (κ3) is 5.00. The number of carbonyl (C=O) groups is 1. The molecule has 2 rings (SSSR count). The summed E-state index contributed by atoms with van der Waals surface area (Å²) >= 11 is 0. The first kappa shape index (κ1) is 16.8. The van der Waals surface area contributed by atoms with E-state index in [1.165, 1.54) is 0 Å². The topological polar surface area (TPSA) is 47.0 Å². The predicted octanol–water partition coefficient (Wildman–Crippen LogP) is 1.03. The smallest absolute Gasteiger partial charge is 0.226 e. The lowest BCUT2D eigenvalue weighted by Gasteiger charge is -2.32. The number of nitrogens with zero attached hydrogens (tertiary/aromatic N) is 3. The molecule has 0 saturated carbocycles. The Morgan fingerprint density at radius 1 is 1.23 bits per heavy atom. The summed E-state index contributed by atoms with van der Waals surface area (Å²) in [4.78, 5) is 18.8. The van der Waals surface area contributed by atoms with Gasteiger partial charge < -0.3 is 19.8 Å². The summed E-state index contributed by atoms with van der Waals surface area (Å²) in [6, 6.07) is 7.03. The molecule has 1 aromatic carbocycles. The van der Waals surface area contributed by atoms with Crippen molar-refractivity contribution in [2.45, 2.75) is 12.8 Å². The molecule has 5 nitrogen and oxygen atoms in total. The average Bonchev–Trinajstić information content (AvgIpc) is 2.51. The number of rotatable bonds is 6. The summed E-state index contributed by atoms with van der Waals surface area (Å²) in [5.74, 6) is 0.251. The van der Waals surface area contributed by atoms with E-state index in [0.717, 1.165) is 45.7 Å². The second-order valence-electron chi connectivity index (χ2n) is 6.12. The summed E-state index contributed by atoms with van der Waals surface area (Å²) < 4.78 is 0. The van der Waals surface area contributed by atoms with E-state index in [2.05, 4.69) is 16.8 Å². The van der Waals surface area contributed by atoms with Gasteiger partial charge in [-0.1, -0.05) is 18.2 Å². The van der Waals surface area contributed by atoms with Gasteiger partial charge in [-0.05, 0) is 26.1 Å². The van der Waals surface area contributed by atoms with E-state index in [4.69, 9.17) is 0 Å². The highest BCUT2D eigenvalue weighted by molar-refractivity contribution is 5.79. The Morgan fingerprint density at radius 3 is 2.59 bits per heavy atom. The van der Waals surface area contributed by atoms with Crippen molar-refractivity contribution in [2.75, 3.05) is 53.4 Å². The molecule has 1 saturated heterocycles. The first-order valence-corrected chi connectivity index (χ1v) is 7.98. The van der Waals surface area contributed by atoms with Crippen molar-refractivity contribution in [3.63, 3.8) is 0 Å². The maximum absolute atomic E-state index is 12.2. The van der Waals surface area contributed by atoms with Crippen molar-refractivity contribution < 1.29 is 9.90 Å². The highest BCUT2D eigenvalue weighted by Crippen LogP contribution is 2.16. The molecule has 0 atom stereocenters. The summed E-state index contributed by atoms with van der Waals surface area (Å²) in [5.41, 5.74) is 0.693. The highest BCUT2D eigenvalue weighted by Gasteiger charge is 2.15. The number of phenolic OH excluding ortho intramolecular Hbond substituents is 1. The molecular weight excluding hydrogens is 278 g/mol. The number of benzene rings is 1.